The number of ether oxygens (including phenoxy) is 1. The maximum Gasteiger partial charge on any atom is 0.306 e. The summed E-state index contributed by atoms with van der Waals surface area (Å²) in [4.78, 5) is 10.3. The standard InChI is InChI=1S/C5H9ClO2/c1-4(6)3-5(7)8-2/h4H,3H2,1-2H3/t4-/m1/s1. The number of rotatable bonds is 2. The van der Waals surface area contributed by atoms with E-state index in [1.165, 1.54) is 7.11 Å². The smallest absolute Gasteiger partial charge is 0.306 e. The average Bonchev–Trinajstić information content (AvgIpc) is 1.65. The fraction of sp³-hybridized carbons (Fsp3) is 0.800. The summed E-state index contributed by atoms with van der Waals surface area (Å²) in [5.41, 5.74) is 0. The largest absolute Gasteiger partial charge is 0.469 e. The molecule has 0 fully saturated rings. The third-order valence-corrected chi connectivity index (χ3v) is 0.830. The van der Waals surface area contributed by atoms with Crippen LogP contribution in [0.3, 0.4) is 0 Å². The molecule has 3 heteroatoms. The Morgan fingerprint density at radius 3 is 2.50 bits per heavy atom. The van der Waals surface area contributed by atoms with Crippen molar-refractivity contribution in [1.29, 1.82) is 0 Å². The van der Waals surface area contributed by atoms with Crippen molar-refractivity contribution >= 4 is 17.6 Å². The highest BCUT2D eigenvalue weighted by Gasteiger charge is 2.03. The first-order valence-electron chi connectivity index (χ1n) is 2.37. The Morgan fingerprint density at radius 2 is 2.38 bits per heavy atom. The first kappa shape index (κ1) is 7.76. The summed E-state index contributed by atoms with van der Waals surface area (Å²) in [6.45, 7) is 1.75. The van der Waals surface area contributed by atoms with Gasteiger partial charge in [-0.15, -0.1) is 11.6 Å². The lowest BCUT2D eigenvalue weighted by atomic mass is 10.3. The Balaban J connectivity index is 3.25. The van der Waals surface area contributed by atoms with Gasteiger partial charge in [-0.3, -0.25) is 4.79 Å². The second-order valence-electron chi connectivity index (χ2n) is 1.56. The van der Waals surface area contributed by atoms with Crippen LogP contribution in [0.1, 0.15) is 13.3 Å². The Morgan fingerprint density at radius 1 is 1.88 bits per heavy atom. The quantitative estimate of drug-likeness (QED) is 0.421. The Labute approximate surface area is 53.8 Å². The van der Waals surface area contributed by atoms with E-state index in [2.05, 4.69) is 4.74 Å². The molecule has 0 amide bonds. The number of carbonyl (C=O) groups excluding carboxylic acids is 1. The lowest BCUT2D eigenvalue weighted by Gasteiger charge is -1.97. The van der Waals surface area contributed by atoms with Gasteiger partial charge in [-0.05, 0) is 6.92 Å². The van der Waals surface area contributed by atoms with Crippen molar-refractivity contribution < 1.29 is 9.53 Å². The molecule has 0 aromatic heterocycles. The summed E-state index contributed by atoms with van der Waals surface area (Å²) >= 11 is 5.45. The first-order chi connectivity index (χ1) is 3.66. The van der Waals surface area contributed by atoms with E-state index in [0.717, 1.165) is 0 Å². The minimum absolute atomic E-state index is 0.123. The van der Waals surface area contributed by atoms with E-state index in [-0.39, 0.29) is 17.8 Å². The molecule has 48 valence electrons. The van der Waals surface area contributed by atoms with Crippen molar-refractivity contribution in [3.63, 3.8) is 0 Å². The van der Waals surface area contributed by atoms with Crippen molar-refractivity contribution in [2.24, 2.45) is 0 Å². The van der Waals surface area contributed by atoms with Gasteiger partial charge < -0.3 is 4.74 Å². The Hall–Kier alpha value is -0.240. The Bertz CT molecular complexity index is 80.5. The molecule has 2 nitrogen and oxygen atoms in total. The number of methoxy groups -OCH3 is 1. The van der Waals surface area contributed by atoms with Gasteiger partial charge in [-0.2, -0.15) is 0 Å². The molecule has 0 saturated heterocycles. The minimum atomic E-state index is -0.257. The van der Waals surface area contributed by atoms with Gasteiger partial charge >= 0.3 is 5.97 Å². The second kappa shape index (κ2) is 3.72. The van der Waals surface area contributed by atoms with E-state index in [1.807, 2.05) is 0 Å². The first-order valence-corrected chi connectivity index (χ1v) is 2.81. The van der Waals surface area contributed by atoms with Gasteiger partial charge in [-0.25, -0.2) is 0 Å². The van der Waals surface area contributed by atoms with Crippen LogP contribution < -0.4 is 0 Å². The van der Waals surface area contributed by atoms with Crippen LogP contribution in [0, 0.1) is 0 Å². The van der Waals surface area contributed by atoms with Gasteiger partial charge in [0.25, 0.3) is 0 Å². The summed E-state index contributed by atoms with van der Waals surface area (Å²) in [5, 5.41) is -0.123. The molecular weight excluding hydrogens is 128 g/mol. The van der Waals surface area contributed by atoms with Gasteiger partial charge in [0.05, 0.1) is 13.5 Å². The summed E-state index contributed by atoms with van der Waals surface area (Å²) in [5.74, 6) is -0.257. The fourth-order valence-corrected chi connectivity index (χ4v) is 0.439. The Kier molecular flexibility index (Phi) is 3.61. The van der Waals surface area contributed by atoms with E-state index in [0.29, 0.717) is 0 Å². The monoisotopic (exact) mass is 136 g/mol. The van der Waals surface area contributed by atoms with Gasteiger partial charge in [0, 0.05) is 5.38 Å². The predicted octanol–water partition coefficient (Wildman–Crippen LogP) is 1.18. The number of hydrogen-bond acceptors (Lipinski definition) is 2. The SMILES string of the molecule is COC(=O)C[C@@H](C)Cl. The zero-order valence-electron chi connectivity index (χ0n) is 4.98. The summed E-state index contributed by atoms with van der Waals surface area (Å²) < 4.78 is 4.34. The maximum atomic E-state index is 10.3. The van der Waals surface area contributed by atoms with E-state index in [9.17, 15) is 4.79 Å². The molecule has 8 heavy (non-hydrogen) atoms. The molecule has 0 heterocycles. The highest BCUT2D eigenvalue weighted by Crippen LogP contribution is 1.99. The van der Waals surface area contributed by atoms with Gasteiger partial charge in [-0.1, -0.05) is 0 Å². The molecule has 0 unspecified atom stereocenters. The molecule has 0 aromatic carbocycles. The van der Waals surface area contributed by atoms with Gasteiger partial charge in [0.15, 0.2) is 0 Å². The van der Waals surface area contributed by atoms with Crippen LogP contribution >= 0.6 is 11.6 Å². The van der Waals surface area contributed by atoms with Crippen molar-refractivity contribution in [1.82, 2.24) is 0 Å². The summed E-state index contributed by atoms with van der Waals surface area (Å²) in [7, 11) is 1.35. The third kappa shape index (κ3) is 3.93. The fourth-order valence-electron chi connectivity index (χ4n) is 0.313. The molecule has 0 aliphatic heterocycles. The molecule has 0 aliphatic rings. The average molecular weight is 137 g/mol. The predicted molar refractivity (Wildman–Crippen MR) is 31.9 cm³/mol. The van der Waals surface area contributed by atoms with Crippen molar-refractivity contribution in [2.75, 3.05) is 7.11 Å². The normalized spacial score (nSPS) is 12.9. The van der Waals surface area contributed by atoms with Crippen LogP contribution in [0.5, 0.6) is 0 Å². The zero-order valence-corrected chi connectivity index (χ0v) is 5.73. The number of carbonyl (C=O) groups is 1. The molecule has 0 saturated carbocycles. The third-order valence-electron chi connectivity index (χ3n) is 0.676. The minimum Gasteiger partial charge on any atom is -0.469 e. The lowest BCUT2D eigenvalue weighted by molar-refractivity contribution is -0.140. The molecule has 0 radical (unpaired) electrons. The highest BCUT2D eigenvalue weighted by molar-refractivity contribution is 6.21. The van der Waals surface area contributed by atoms with Crippen LogP contribution in [0.4, 0.5) is 0 Å². The van der Waals surface area contributed by atoms with Gasteiger partial charge in [0.1, 0.15) is 0 Å². The second-order valence-corrected chi connectivity index (χ2v) is 2.31. The number of halogens is 1. The number of hydrogen-bond donors (Lipinski definition) is 0. The lowest BCUT2D eigenvalue weighted by Crippen LogP contribution is -2.05. The van der Waals surface area contributed by atoms with Crippen molar-refractivity contribution in [3.05, 3.63) is 0 Å². The molecular formula is C5H9ClO2. The van der Waals surface area contributed by atoms with Crippen LogP contribution in [0.2, 0.25) is 0 Å². The number of alkyl halides is 1. The topological polar surface area (TPSA) is 26.3 Å². The van der Waals surface area contributed by atoms with Crippen LogP contribution in [-0.2, 0) is 9.53 Å². The molecule has 0 bridgehead atoms. The number of esters is 1. The molecule has 0 spiro atoms. The van der Waals surface area contributed by atoms with E-state index >= 15 is 0 Å². The summed E-state index contributed by atoms with van der Waals surface area (Å²) in [6, 6.07) is 0. The van der Waals surface area contributed by atoms with Gasteiger partial charge in [0.2, 0.25) is 0 Å². The van der Waals surface area contributed by atoms with Crippen molar-refractivity contribution in [3.8, 4) is 0 Å². The molecule has 0 aliphatic carbocycles. The van der Waals surface area contributed by atoms with Crippen LogP contribution in [-0.4, -0.2) is 18.5 Å². The van der Waals surface area contributed by atoms with E-state index in [1.54, 1.807) is 6.92 Å². The maximum absolute atomic E-state index is 10.3. The zero-order chi connectivity index (χ0) is 6.57. The molecule has 0 rings (SSSR count). The van der Waals surface area contributed by atoms with Crippen LogP contribution in [0.15, 0.2) is 0 Å². The molecule has 1 atom stereocenters. The van der Waals surface area contributed by atoms with Crippen LogP contribution in [0.25, 0.3) is 0 Å². The highest BCUT2D eigenvalue weighted by atomic mass is 35.5. The molecule has 0 N–H and O–H groups in total. The van der Waals surface area contributed by atoms with Crippen molar-refractivity contribution in [2.45, 2.75) is 18.7 Å². The van der Waals surface area contributed by atoms with E-state index in [4.69, 9.17) is 11.6 Å². The molecule has 0 aromatic rings. The van der Waals surface area contributed by atoms with E-state index < -0.39 is 0 Å². The summed E-state index contributed by atoms with van der Waals surface area (Å²) in [6.07, 6.45) is 0.290.